The van der Waals surface area contributed by atoms with Crippen LogP contribution in [0, 0.1) is 0 Å². The predicted molar refractivity (Wildman–Crippen MR) is 106 cm³/mol. The molecule has 1 N–H and O–H groups in total. The van der Waals surface area contributed by atoms with Crippen molar-refractivity contribution in [1.29, 1.82) is 0 Å². The number of hydrogen-bond acceptors (Lipinski definition) is 4. The van der Waals surface area contributed by atoms with Gasteiger partial charge in [-0.15, -0.1) is 0 Å². The van der Waals surface area contributed by atoms with E-state index in [9.17, 15) is 23.1 Å². The molecular weight excluding hydrogens is 444 g/mol. The first-order chi connectivity index (χ1) is 14.1. The quantitative estimate of drug-likeness (QED) is 0.568. The normalized spacial score (nSPS) is 19.5. The van der Waals surface area contributed by atoms with Crippen molar-refractivity contribution in [2.75, 3.05) is 0 Å². The Morgan fingerprint density at radius 1 is 1.17 bits per heavy atom. The lowest BCUT2D eigenvalue weighted by Gasteiger charge is -2.26. The fourth-order valence-electron chi connectivity index (χ4n) is 3.25. The van der Waals surface area contributed by atoms with Crippen LogP contribution in [0.4, 0.5) is 13.2 Å². The number of hydrogen-bond donors (Lipinski definition) is 1. The van der Waals surface area contributed by atoms with E-state index < -0.39 is 29.9 Å². The van der Waals surface area contributed by atoms with Crippen molar-refractivity contribution in [1.82, 2.24) is 0 Å². The molecule has 2 aromatic carbocycles. The highest BCUT2D eigenvalue weighted by atomic mass is 35.5. The summed E-state index contributed by atoms with van der Waals surface area (Å²) in [7, 11) is 0. The second-order valence-electron chi connectivity index (χ2n) is 7.09. The Kier molecular flexibility index (Phi) is 7.16. The van der Waals surface area contributed by atoms with Gasteiger partial charge in [0.1, 0.15) is 18.5 Å². The number of carbonyl (C=O) groups excluding carboxylic acids is 1. The zero-order chi connectivity index (χ0) is 21.9. The molecule has 1 heterocycles. The fraction of sp³-hybridized carbons (Fsp3) is 0.381. The average Bonchev–Trinajstić information content (AvgIpc) is 2.64. The van der Waals surface area contributed by atoms with Crippen molar-refractivity contribution in [2.45, 2.75) is 50.7 Å². The van der Waals surface area contributed by atoms with Gasteiger partial charge < -0.3 is 14.6 Å². The summed E-state index contributed by atoms with van der Waals surface area (Å²) in [4.78, 5) is 11.5. The molecule has 9 heteroatoms. The Morgan fingerprint density at radius 2 is 1.87 bits per heavy atom. The Balaban J connectivity index is 1.69. The number of aliphatic hydroxyl groups excluding tert-OH is 1. The van der Waals surface area contributed by atoms with Crippen LogP contribution in [0.5, 0.6) is 5.75 Å². The van der Waals surface area contributed by atoms with Gasteiger partial charge in [-0.25, -0.2) is 0 Å². The standard InChI is InChI=1S/C21H19Cl2F3O4/c22-14-7-18(23)17(6-5-16-9-15(27)10-20(28)30-16)19(8-14)29-11-12-1-3-13(4-2-12)21(24,25)26/h1-4,7-8,15-16,27H,5-6,9-11H2. The van der Waals surface area contributed by atoms with E-state index in [0.717, 1.165) is 12.1 Å². The SMILES string of the molecule is O=C1CC(O)CC(CCc2c(Cl)cc(Cl)cc2OCc2ccc(C(F)(F)F)cc2)O1. The first kappa shape index (κ1) is 22.7. The minimum atomic E-state index is -4.40. The zero-order valence-electron chi connectivity index (χ0n) is 15.7. The number of esters is 1. The largest absolute Gasteiger partial charge is 0.489 e. The number of halogens is 5. The van der Waals surface area contributed by atoms with Crippen LogP contribution in [-0.2, 0) is 28.7 Å². The number of carbonyl (C=O) groups is 1. The van der Waals surface area contributed by atoms with Gasteiger partial charge in [0.05, 0.1) is 18.1 Å². The molecule has 4 nitrogen and oxygen atoms in total. The number of aliphatic hydroxyl groups is 1. The summed E-state index contributed by atoms with van der Waals surface area (Å²) in [5.41, 5.74) is 0.459. The third kappa shape index (κ3) is 6.03. The molecule has 30 heavy (non-hydrogen) atoms. The Hall–Kier alpha value is -1.96. The van der Waals surface area contributed by atoms with Gasteiger partial charge in [0, 0.05) is 22.0 Å². The van der Waals surface area contributed by atoms with E-state index in [2.05, 4.69) is 0 Å². The molecule has 2 unspecified atom stereocenters. The molecule has 0 bridgehead atoms. The summed E-state index contributed by atoms with van der Waals surface area (Å²) >= 11 is 12.4. The molecule has 0 aliphatic carbocycles. The minimum absolute atomic E-state index is 0.0142. The molecule has 0 spiro atoms. The maximum atomic E-state index is 12.7. The highest BCUT2D eigenvalue weighted by molar-refractivity contribution is 6.35. The van der Waals surface area contributed by atoms with Crippen LogP contribution in [0.25, 0.3) is 0 Å². The van der Waals surface area contributed by atoms with Crippen molar-refractivity contribution in [3.05, 3.63) is 63.1 Å². The van der Waals surface area contributed by atoms with E-state index in [0.29, 0.717) is 46.2 Å². The molecule has 1 saturated heterocycles. The van der Waals surface area contributed by atoms with E-state index in [4.69, 9.17) is 32.7 Å². The third-order valence-electron chi connectivity index (χ3n) is 4.75. The van der Waals surface area contributed by atoms with Gasteiger partial charge in [-0.2, -0.15) is 13.2 Å². The van der Waals surface area contributed by atoms with Crippen LogP contribution in [-0.4, -0.2) is 23.3 Å². The van der Waals surface area contributed by atoms with Crippen molar-refractivity contribution < 1.29 is 32.5 Å². The van der Waals surface area contributed by atoms with Crippen molar-refractivity contribution in [3.63, 3.8) is 0 Å². The van der Waals surface area contributed by atoms with Gasteiger partial charge in [0.25, 0.3) is 0 Å². The van der Waals surface area contributed by atoms with E-state index in [1.54, 1.807) is 12.1 Å². The van der Waals surface area contributed by atoms with Gasteiger partial charge in [0.15, 0.2) is 0 Å². The number of benzene rings is 2. The fourth-order valence-corrected chi connectivity index (χ4v) is 3.81. The lowest BCUT2D eigenvalue weighted by atomic mass is 9.99. The highest BCUT2D eigenvalue weighted by Gasteiger charge is 2.30. The molecule has 1 aliphatic heterocycles. The van der Waals surface area contributed by atoms with Gasteiger partial charge in [0.2, 0.25) is 0 Å². The van der Waals surface area contributed by atoms with E-state index in [-0.39, 0.29) is 13.0 Å². The zero-order valence-corrected chi connectivity index (χ0v) is 17.2. The van der Waals surface area contributed by atoms with Gasteiger partial charge in [-0.05, 0) is 42.7 Å². The number of rotatable bonds is 6. The van der Waals surface area contributed by atoms with Crippen molar-refractivity contribution >= 4 is 29.2 Å². The summed E-state index contributed by atoms with van der Waals surface area (Å²) in [6, 6.07) is 7.81. The highest BCUT2D eigenvalue weighted by Crippen LogP contribution is 2.34. The van der Waals surface area contributed by atoms with E-state index in [1.165, 1.54) is 12.1 Å². The van der Waals surface area contributed by atoms with Crippen LogP contribution in [0.2, 0.25) is 10.0 Å². The van der Waals surface area contributed by atoms with Crippen LogP contribution in [0.1, 0.15) is 36.0 Å². The molecule has 0 saturated carbocycles. The lowest BCUT2D eigenvalue weighted by Crippen LogP contribution is -2.32. The van der Waals surface area contributed by atoms with Gasteiger partial charge in [-0.1, -0.05) is 35.3 Å². The molecule has 2 atom stereocenters. The third-order valence-corrected chi connectivity index (χ3v) is 5.30. The van der Waals surface area contributed by atoms with Crippen LogP contribution < -0.4 is 4.74 Å². The second-order valence-corrected chi connectivity index (χ2v) is 7.94. The summed E-state index contributed by atoms with van der Waals surface area (Å²) in [6.07, 6.45) is -4.39. The maximum Gasteiger partial charge on any atom is 0.416 e. The number of ether oxygens (including phenoxy) is 2. The molecule has 1 fully saturated rings. The Labute approximate surface area is 181 Å². The maximum absolute atomic E-state index is 12.7. The summed E-state index contributed by atoms with van der Waals surface area (Å²) < 4.78 is 49.1. The van der Waals surface area contributed by atoms with Crippen LogP contribution in [0.15, 0.2) is 36.4 Å². The summed E-state index contributed by atoms with van der Waals surface area (Å²) in [6.45, 7) is 0.0267. The Morgan fingerprint density at radius 3 is 2.50 bits per heavy atom. The molecule has 0 aromatic heterocycles. The van der Waals surface area contributed by atoms with Crippen LogP contribution in [0.3, 0.4) is 0 Å². The van der Waals surface area contributed by atoms with E-state index in [1.807, 2.05) is 0 Å². The summed E-state index contributed by atoms with van der Waals surface area (Å²) in [5.74, 6) is -0.0465. The molecular formula is C21H19Cl2F3O4. The lowest BCUT2D eigenvalue weighted by molar-refractivity contribution is -0.160. The minimum Gasteiger partial charge on any atom is -0.489 e. The molecule has 1 aliphatic rings. The molecule has 0 radical (unpaired) electrons. The number of cyclic esters (lactones) is 1. The first-order valence-corrected chi connectivity index (χ1v) is 10.0. The predicted octanol–water partition coefficient (Wildman–Crippen LogP) is 5.59. The second kappa shape index (κ2) is 9.45. The summed E-state index contributed by atoms with van der Waals surface area (Å²) in [5, 5.41) is 10.5. The Bertz CT molecular complexity index is 900. The van der Waals surface area contributed by atoms with Gasteiger partial charge >= 0.3 is 12.1 Å². The molecule has 2 aromatic rings. The van der Waals surface area contributed by atoms with Crippen LogP contribution >= 0.6 is 23.2 Å². The molecule has 162 valence electrons. The molecule has 0 amide bonds. The average molecular weight is 463 g/mol. The number of alkyl halides is 3. The van der Waals surface area contributed by atoms with Crippen molar-refractivity contribution in [2.24, 2.45) is 0 Å². The smallest absolute Gasteiger partial charge is 0.416 e. The first-order valence-electron chi connectivity index (χ1n) is 9.26. The van der Waals surface area contributed by atoms with Gasteiger partial charge in [-0.3, -0.25) is 4.79 Å². The van der Waals surface area contributed by atoms with Crippen molar-refractivity contribution in [3.8, 4) is 5.75 Å². The van der Waals surface area contributed by atoms with E-state index >= 15 is 0 Å². The molecule has 3 rings (SSSR count). The topological polar surface area (TPSA) is 55.8 Å². The monoisotopic (exact) mass is 462 g/mol.